The third kappa shape index (κ3) is 14.6. The predicted molar refractivity (Wildman–Crippen MR) is 172 cm³/mol. The van der Waals surface area contributed by atoms with Crippen molar-refractivity contribution >= 4 is 11.5 Å². The van der Waals surface area contributed by atoms with E-state index in [9.17, 15) is 10.1 Å². The van der Waals surface area contributed by atoms with Gasteiger partial charge in [0.25, 0.3) is 0 Å². The monoisotopic (exact) mass is 582 g/mol. The number of allylic oxidation sites excluding steroid dienone is 7. The fraction of sp³-hybridized carbons (Fsp3) is 0.588. The van der Waals surface area contributed by atoms with Crippen LogP contribution in [0.2, 0.25) is 0 Å². The molecule has 2 aliphatic rings. The first-order valence-corrected chi connectivity index (χ1v) is 15.2. The maximum absolute atomic E-state index is 12.1. The Morgan fingerprint density at radius 3 is 2.48 bits per heavy atom. The van der Waals surface area contributed by atoms with Crippen LogP contribution in [0.3, 0.4) is 0 Å². The molecule has 0 aliphatic heterocycles. The van der Waals surface area contributed by atoms with E-state index >= 15 is 0 Å². The van der Waals surface area contributed by atoms with Gasteiger partial charge in [-0.3, -0.25) is 4.79 Å². The Morgan fingerprint density at radius 1 is 1.24 bits per heavy atom. The lowest BCUT2D eigenvalue weighted by atomic mass is 9.87. The molecule has 2 atom stereocenters. The number of ether oxygens (including phenoxy) is 2. The Morgan fingerprint density at radius 2 is 1.93 bits per heavy atom. The molecule has 1 amide bonds. The molecule has 2 bridgehead atoms. The minimum Gasteiger partial charge on any atom is -0.379 e. The van der Waals surface area contributed by atoms with E-state index in [4.69, 9.17) is 14.0 Å². The SMILES string of the molecule is C=C.CC/C(C#N)=C\C(C)c1nc(C2=C3CCCC[C@H](NC(=O)COC)C(=CC=C2)C3)no1.CCC.CCOC(C)C. The zero-order valence-corrected chi connectivity index (χ0v) is 27.3. The minimum absolute atomic E-state index is 0.00591. The molecule has 0 aromatic carbocycles. The lowest BCUT2D eigenvalue weighted by molar-refractivity contribution is -0.125. The van der Waals surface area contributed by atoms with Gasteiger partial charge in [-0.15, -0.1) is 13.2 Å². The molecule has 2 aliphatic carbocycles. The summed E-state index contributed by atoms with van der Waals surface area (Å²) in [7, 11) is 1.53. The third-order valence-corrected chi connectivity index (χ3v) is 6.20. The molecule has 1 fully saturated rings. The van der Waals surface area contributed by atoms with Crippen LogP contribution in [0.25, 0.3) is 5.57 Å². The average molecular weight is 583 g/mol. The summed E-state index contributed by atoms with van der Waals surface area (Å²) < 4.78 is 15.5. The van der Waals surface area contributed by atoms with Crippen molar-refractivity contribution in [2.75, 3.05) is 20.3 Å². The molecule has 1 saturated carbocycles. The van der Waals surface area contributed by atoms with Crippen LogP contribution in [-0.4, -0.2) is 48.5 Å². The number of nitriles is 1. The summed E-state index contributed by atoms with van der Waals surface area (Å²) >= 11 is 0. The van der Waals surface area contributed by atoms with Crippen LogP contribution in [-0.2, 0) is 14.3 Å². The van der Waals surface area contributed by atoms with E-state index < -0.39 is 0 Å². The van der Waals surface area contributed by atoms with Crippen molar-refractivity contribution in [3.63, 3.8) is 0 Å². The topological polar surface area (TPSA) is 110 Å². The molecule has 1 heterocycles. The third-order valence-electron chi connectivity index (χ3n) is 6.20. The van der Waals surface area contributed by atoms with Crippen molar-refractivity contribution in [3.05, 3.63) is 65.9 Å². The van der Waals surface area contributed by atoms with E-state index in [1.807, 2.05) is 52.8 Å². The second-order valence-electron chi connectivity index (χ2n) is 10.2. The lowest BCUT2D eigenvalue weighted by Crippen LogP contribution is -2.38. The summed E-state index contributed by atoms with van der Waals surface area (Å²) in [6.07, 6.45) is 15.0. The quantitative estimate of drug-likeness (QED) is 0.232. The van der Waals surface area contributed by atoms with Gasteiger partial charge < -0.3 is 19.3 Å². The summed E-state index contributed by atoms with van der Waals surface area (Å²) in [5.41, 5.74) is 4.14. The number of rotatable bonds is 9. The van der Waals surface area contributed by atoms with Crippen molar-refractivity contribution in [2.24, 2.45) is 0 Å². The largest absolute Gasteiger partial charge is 0.379 e. The highest BCUT2D eigenvalue weighted by atomic mass is 16.5. The Bertz CT molecular complexity index is 1080. The van der Waals surface area contributed by atoms with Crippen LogP contribution in [0.1, 0.15) is 111 Å². The molecule has 1 aromatic rings. The highest BCUT2D eigenvalue weighted by Crippen LogP contribution is 2.34. The number of hydrogen-bond acceptors (Lipinski definition) is 7. The molecule has 234 valence electrons. The molecule has 42 heavy (non-hydrogen) atoms. The van der Waals surface area contributed by atoms with Crippen molar-refractivity contribution in [3.8, 4) is 6.07 Å². The molecular weight excluding hydrogens is 528 g/mol. The highest BCUT2D eigenvalue weighted by Gasteiger charge is 2.24. The van der Waals surface area contributed by atoms with E-state index in [2.05, 4.69) is 54.6 Å². The molecule has 1 aromatic heterocycles. The Balaban J connectivity index is 0.00000132. The van der Waals surface area contributed by atoms with Crippen LogP contribution in [0.15, 0.2) is 58.7 Å². The number of fused-ring (bicyclic) bond motifs is 2. The summed E-state index contributed by atoms with van der Waals surface area (Å²) in [6, 6.07) is 2.21. The molecule has 8 nitrogen and oxygen atoms in total. The fourth-order valence-corrected chi connectivity index (χ4v) is 4.36. The standard InChI is InChI=1S/C24H30N4O3.C5H12O.C3H8.C2H4/c1-4-17(14-25)12-16(2)24-27-23(28-31-24)20-10-7-9-19-13-18(20)8-5-6-11-21(19)26-22(29)15-30-3;1-4-6-5(2)3;1-3-2;1-2/h7,9-10,12,16,21H,4-6,8,11,13,15H2,1-3H3,(H,26,29);5H,4H2,1-3H3;3H2,1-2H3;1-2H2/b17-12+;;;/t16?,21-;;;/m0.../s1. The van der Waals surface area contributed by atoms with E-state index in [0.717, 1.165) is 44.3 Å². The van der Waals surface area contributed by atoms with Gasteiger partial charge in [-0.2, -0.15) is 10.2 Å². The molecular formula is C34H54N4O4. The first-order valence-electron chi connectivity index (χ1n) is 15.2. The van der Waals surface area contributed by atoms with Gasteiger partial charge >= 0.3 is 0 Å². The maximum Gasteiger partial charge on any atom is 0.246 e. The molecule has 8 heteroatoms. The number of amides is 1. The van der Waals surface area contributed by atoms with Crippen LogP contribution in [0, 0.1) is 11.3 Å². The number of hydrogen-bond donors (Lipinski definition) is 1. The van der Waals surface area contributed by atoms with Gasteiger partial charge in [0.1, 0.15) is 6.61 Å². The first kappa shape index (κ1) is 38.7. The van der Waals surface area contributed by atoms with Crippen molar-refractivity contribution in [2.45, 2.75) is 111 Å². The molecule has 0 spiro atoms. The summed E-state index contributed by atoms with van der Waals surface area (Å²) in [6.45, 7) is 21.1. The predicted octanol–water partition coefficient (Wildman–Crippen LogP) is 8.03. The Kier molecular flexibility index (Phi) is 21.5. The van der Waals surface area contributed by atoms with Crippen molar-refractivity contribution in [1.82, 2.24) is 15.5 Å². The van der Waals surface area contributed by atoms with Gasteiger partial charge in [0.05, 0.1) is 24.1 Å². The first-order chi connectivity index (χ1) is 20.2. The number of carbonyl (C=O) groups excluding carboxylic acids is 1. The second kappa shape index (κ2) is 23.3. The van der Waals surface area contributed by atoms with Crippen LogP contribution in [0.4, 0.5) is 0 Å². The molecule has 0 saturated heterocycles. The zero-order chi connectivity index (χ0) is 31.9. The fourth-order valence-electron chi connectivity index (χ4n) is 4.36. The van der Waals surface area contributed by atoms with Crippen molar-refractivity contribution in [1.29, 1.82) is 5.26 Å². The van der Waals surface area contributed by atoms with Crippen molar-refractivity contribution < 1.29 is 18.8 Å². The number of nitrogens with zero attached hydrogens (tertiary/aromatic N) is 3. The molecule has 1 unspecified atom stereocenters. The number of methoxy groups -OCH3 is 1. The number of nitrogens with one attached hydrogen (secondary N) is 1. The van der Waals surface area contributed by atoms with Gasteiger partial charge in [-0.05, 0) is 58.4 Å². The van der Waals surface area contributed by atoms with Gasteiger partial charge in [0.2, 0.25) is 17.6 Å². The maximum atomic E-state index is 12.1. The molecule has 1 N–H and O–H groups in total. The second-order valence-corrected chi connectivity index (χ2v) is 10.2. The lowest BCUT2D eigenvalue weighted by Gasteiger charge is -2.25. The Hall–Kier alpha value is -3.28. The van der Waals surface area contributed by atoms with E-state index in [1.54, 1.807) is 0 Å². The van der Waals surface area contributed by atoms with Gasteiger partial charge in [-0.1, -0.05) is 75.6 Å². The van der Waals surface area contributed by atoms with E-state index in [1.165, 1.54) is 24.7 Å². The van der Waals surface area contributed by atoms with E-state index in [0.29, 0.717) is 29.8 Å². The van der Waals surface area contributed by atoms with Gasteiger partial charge in [0.15, 0.2) is 0 Å². The molecule has 0 radical (unpaired) electrons. The summed E-state index contributed by atoms with van der Waals surface area (Å²) in [5.74, 6) is 0.863. The summed E-state index contributed by atoms with van der Waals surface area (Å²) in [4.78, 5) is 16.7. The number of carbonyl (C=O) groups is 1. The van der Waals surface area contributed by atoms with Gasteiger partial charge in [0, 0.05) is 24.9 Å². The Labute approximate surface area is 254 Å². The summed E-state index contributed by atoms with van der Waals surface area (Å²) in [5, 5.41) is 16.5. The highest BCUT2D eigenvalue weighted by molar-refractivity contribution is 5.78. The number of aromatic nitrogens is 2. The molecule has 3 rings (SSSR count). The van der Waals surface area contributed by atoms with Crippen LogP contribution in [0.5, 0.6) is 0 Å². The van der Waals surface area contributed by atoms with Crippen LogP contribution < -0.4 is 5.32 Å². The average Bonchev–Trinajstić information content (AvgIpc) is 3.34. The van der Waals surface area contributed by atoms with Crippen LogP contribution >= 0.6 is 0 Å². The smallest absolute Gasteiger partial charge is 0.246 e. The normalized spacial score (nSPS) is 16.9. The minimum atomic E-state index is -0.123. The van der Waals surface area contributed by atoms with E-state index in [-0.39, 0.29) is 24.5 Å². The zero-order valence-electron chi connectivity index (χ0n) is 27.3. The van der Waals surface area contributed by atoms with Gasteiger partial charge in [-0.25, -0.2) is 0 Å².